The fraction of sp³-hybridized carbons (Fsp3) is 0.308. The zero-order chi connectivity index (χ0) is 12.1. The van der Waals surface area contributed by atoms with Crippen molar-refractivity contribution in [2.45, 2.75) is 12.8 Å². The zero-order valence-electron chi connectivity index (χ0n) is 9.72. The Morgan fingerprint density at radius 2 is 2.06 bits per heavy atom. The fourth-order valence-corrected chi connectivity index (χ4v) is 1.55. The van der Waals surface area contributed by atoms with Crippen molar-refractivity contribution in [1.29, 1.82) is 0 Å². The largest absolute Gasteiger partial charge is 0.497 e. The van der Waals surface area contributed by atoms with Crippen LogP contribution in [0.4, 0.5) is 0 Å². The molecule has 0 spiro atoms. The first kappa shape index (κ1) is 11.7. The van der Waals surface area contributed by atoms with Crippen molar-refractivity contribution in [3.8, 4) is 17.0 Å². The summed E-state index contributed by atoms with van der Waals surface area (Å²) in [6, 6.07) is 7.65. The number of aliphatic hydroxyl groups excluding tert-OH is 1. The van der Waals surface area contributed by atoms with E-state index in [1.54, 1.807) is 13.4 Å². The first-order valence-electron chi connectivity index (χ1n) is 5.53. The topological polar surface area (TPSA) is 55.5 Å². The second-order valence-electron chi connectivity index (χ2n) is 3.68. The van der Waals surface area contributed by atoms with Crippen molar-refractivity contribution < 1.29 is 14.3 Å². The Morgan fingerprint density at radius 3 is 2.71 bits per heavy atom. The monoisotopic (exact) mass is 233 g/mol. The van der Waals surface area contributed by atoms with Gasteiger partial charge in [-0.1, -0.05) is 0 Å². The molecule has 1 heterocycles. The normalized spacial score (nSPS) is 10.5. The predicted octanol–water partition coefficient (Wildman–Crippen LogP) is 2.28. The molecule has 2 rings (SSSR count). The van der Waals surface area contributed by atoms with Crippen LogP contribution in [0.1, 0.15) is 12.3 Å². The minimum atomic E-state index is 0.153. The van der Waals surface area contributed by atoms with Gasteiger partial charge in [0, 0.05) is 18.6 Å². The maximum atomic E-state index is 8.73. The van der Waals surface area contributed by atoms with Gasteiger partial charge in [-0.15, -0.1) is 0 Å². The Labute approximate surface area is 99.9 Å². The summed E-state index contributed by atoms with van der Waals surface area (Å²) in [5, 5.41) is 8.73. The summed E-state index contributed by atoms with van der Waals surface area (Å²) in [6.07, 6.45) is 2.96. The van der Waals surface area contributed by atoms with Crippen molar-refractivity contribution in [2.24, 2.45) is 0 Å². The molecule has 1 aromatic carbocycles. The van der Waals surface area contributed by atoms with Gasteiger partial charge in [-0.3, -0.25) is 0 Å². The summed E-state index contributed by atoms with van der Waals surface area (Å²) < 4.78 is 10.4. The lowest BCUT2D eigenvalue weighted by Gasteiger charge is -1.99. The van der Waals surface area contributed by atoms with E-state index >= 15 is 0 Å². The molecule has 0 aliphatic rings. The number of aliphatic hydroxyl groups is 1. The van der Waals surface area contributed by atoms with Crippen LogP contribution in [0, 0.1) is 0 Å². The maximum Gasteiger partial charge on any atom is 0.194 e. The standard InChI is InChI=1S/C13H15NO3/c1-16-11-6-4-10(5-7-11)12-9-17-13(14-12)3-2-8-15/h4-7,9,15H,2-3,8H2,1H3. The Kier molecular flexibility index (Phi) is 3.77. The molecule has 0 unspecified atom stereocenters. The predicted molar refractivity (Wildman–Crippen MR) is 63.9 cm³/mol. The van der Waals surface area contributed by atoms with Gasteiger partial charge in [0.25, 0.3) is 0 Å². The summed E-state index contributed by atoms with van der Waals surface area (Å²) >= 11 is 0. The average molecular weight is 233 g/mol. The smallest absolute Gasteiger partial charge is 0.194 e. The zero-order valence-corrected chi connectivity index (χ0v) is 9.72. The molecule has 0 amide bonds. The van der Waals surface area contributed by atoms with Crippen LogP contribution in [0.15, 0.2) is 34.9 Å². The molecular formula is C13H15NO3. The van der Waals surface area contributed by atoms with E-state index in [2.05, 4.69) is 4.98 Å². The van der Waals surface area contributed by atoms with Crippen LogP contribution < -0.4 is 4.74 Å². The molecule has 0 saturated heterocycles. The maximum absolute atomic E-state index is 8.73. The number of hydrogen-bond donors (Lipinski definition) is 1. The van der Waals surface area contributed by atoms with Crippen molar-refractivity contribution >= 4 is 0 Å². The van der Waals surface area contributed by atoms with Crippen LogP contribution in [0.2, 0.25) is 0 Å². The molecule has 2 aromatic rings. The van der Waals surface area contributed by atoms with E-state index in [9.17, 15) is 0 Å². The summed E-state index contributed by atoms with van der Waals surface area (Å²) in [5.41, 5.74) is 1.80. The lowest BCUT2D eigenvalue weighted by atomic mass is 10.2. The van der Waals surface area contributed by atoms with Gasteiger partial charge in [0.2, 0.25) is 0 Å². The molecule has 0 radical (unpaired) electrons. The number of nitrogens with zero attached hydrogens (tertiary/aromatic N) is 1. The molecule has 0 aliphatic heterocycles. The number of ether oxygens (including phenoxy) is 1. The molecule has 1 N–H and O–H groups in total. The molecule has 0 fully saturated rings. The number of benzene rings is 1. The van der Waals surface area contributed by atoms with Gasteiger partial charge >= 0.3 is 0 Å². The molecule has 0 aliphatic carbocycles. The minimum absolute atomic E-state index is 0.153. The SMILES string of the molecule is COc1ccc(-c2coc(CCCO)n2)cc1. The van der Waals surface area contributed by atoms with Gasteiger partial charge in [-0.25, -0.2) is 4.98 Å². The third kappa shape index (κ3) is 2.85. The molecule has 17 heavy (non-hydrogen) atoms. The first-order valence-corrected chi connectivity index (χ1v) is 5.53. The Balaban J connectivity index is 2.12. The summed E-state index contributed by atoms with van der Waals surface area (Å²) in [5.74, 6) is 1.47. The average Bonchev–Trinajstić information content (AvgIpc) is 2.85. The van der Waals surface area contributed by atoms with Crippen LogP contribution in [0.3, 0.4) is 0 Å². The van der Waals surface area contributed by atoms with Gasteiger partial charge in [0.05, 0.1) is 7.11 Å². The van der Waals surface area contributed by atoms with Gasteiger partial charge in [0.15, 0.2) is 5.89 Å². The van der Waals surface area contributed by atoms with Gasteiger partial charge in [-0.05, 0) is 30.7 Å². The molecule has 4 nitrogen and oxygen atoms in total. The second kappa shape index (κ2) is 5.50. The van der Waals surface area contributed by atoms with Gasteiger partial charge in [0.1, 0.15) is 17.7 Å². The van der Waals surface area contributed by atoms with Crippen LogP contribution in [-0.4, -0.2) is 23.8 Å². The number of rotatable bonds is 5. The summed E-state index contributed by atoms with van der Waals surface area (Å²) in [6.45, 7) is 0.153. The van der Waals surface area contributed by atoms with E-state index in [4.69, 9.17) is 14.3 Å². The molecule has 90 valence electrons. The lowest BCUT2D eigenvalue weighted by Crippen LogP contribution is -1.89. The molecule has 4 heteroatoms. The lowest BCUT2D eigenvalue weighted by molar-refractivity contribution is 0.283. The molecular weight excluding hydrogens is 218 g/mol. The van der Waals surface area contributed by atoms with E-state index in [-0.39, 0.29) is 6.61 Å². The van der Waals surface area contributed by atoms with E-state index in [0.717, 1.165) is 17.0 Å². The highest BCUT2D eigenvalue weighted by molar-refractivity contribution is 5.58. The summed E-state index contributed by atoms with van der Waals surface area (Å²) in [4.78, 5) is 4.35. The Morgan fingerprint density at radius 1 is 1.29 bits per heavy atom. The fourth-order valence-electron chi connectivity index (χ4n) is 1.55. The Hall–Kier alpha value is -1.81. The van der Waals surface area contributed by atoms with Gasteiger partial charge < -0.3 is 14.3 Å². The second-order valence-corrected chi connectivity index (χ2v) is 3.68. The third-order valence-corrected chi connectivity index (χ3v) is 2.49. The molecule has 0 bridgehead atoms. The minimum Gasteiger partial charge on any atom is -0.497 e. The highest BCUT2D eigenvalue weighted by atomic mass is 16.5. The summed E-state index contributed by atoms with van der Waals surface area (Å²) in [7, 11) is 1.64. The number of hydrogen-bond acceptors (Lipinski definition) is 4. The highest BCUT2D eigenvalue weighted by Crippen LogP contribution is 2.21. The quantitative estimate of drug-likeness (QED) is 0.860. The van der Waals surface area contributed by atoms with E-state index in [1.807, 2.05) is 24.3 Å². The van der Waals surface area contributed by atoms with Crippen molar-refractivity contribution in [3.05, 3.63) is 36.4 Å². The van der Waals surface area contributed by atoms with Crippen molar-refractivity contribution in [3.63, 3.8) is 0 Å². The van der Waals surface area contributed by atoms with Crippen LogP contribution in [0.5, 0.6) is 5.75 Å². The third-order valence-electron chi connectivity index (χ3n) is 2.49. The van der Waals surface area contributed by atoms with Crippen LogP contribution in [0.25, 0.3) is 11.3 Å². The van der Waals surface area contributed by atoms with E-state index < -0.39 is 0 Å². The van der Waals surface area contributed by atoms with E-state index in [1.165, 1.54) is 0 Å². The molecule has 0 atom stereocenters. The molecule has 0 saturated carbocycles. The van der Waals surface area contributed by atoms with Gasteiger partial charge in [-0.2, -0.15) is 0 Å². The number of oxazole rings is 1. The highest BCUT2D eigenvalue weighted by Gasteiger charge is 2.05. The Bertz CT molecular complexity index is 462. The van der Waals surface area contributed by atoms with Crippen molar-refractivity contribution in [1.82, 2.24) is 4.98 Å². The van der Waals surface area contributed by atoms with Crippen LogP contribution in [-0.2, 0) is 6.42 Å². The van der Waals surface area contributed by atoms with Crippen LogP contribution >= 0.6 is 0 Å². The number of aromatic nitrogens is 1. The van der Waals surface area contributed by atoms with Crippen molar-refractivity contribution in [2.75, 3.05) is 13.7 Å². The number of methoxy groups -OCH3 is 1. The molecule has 1 aromatic heterocycles. The van der Waals surface area contributed by atoms with E-state index in [0.29, 0.717) is 18.7 Å². The number of aryl methyl sites for hydroxylation is 1. The first-order chi connectivity index (χ1) is 8.33.